The molecule has 9 nitrogen and oxygen atoms in total. The van der Waals surface area contributed by atoms with Gasteiger partial charge in [0.05, 0.1) is 18.2 Å². The highest BCUT2D eigenvalue weighted by atomic mass is 32.1. The van der Waals surface area contributed by atoms with Crippen LogP contribution in [0.2, 0.25) is 0 Å². The molecule has 0 aromatic carbocycles. The average molecular weight is 465 g/mol. The van der Waals surface area contributed by atoms with Gasteiger partial charge < -0.3 is 20.1 Å². The molecule has 14 heteroatoms. The largest absolute Gasteiger partial charge is 0.490 e. The summed E-state index contributed by atoms with van der Waals surface area (Å²) < 4.78 is 37.7. The number of nitrogens with zero attached hydrogens (tertiary/aromatic N) is 4. The number of hydrogen-bond acceptors (Lipinski definition) is 9. The number of anilines is 1. The quantitative estimate of drug-likeness (QED) is 0.702. The third-order valence-electron chi connectivity index (χ3n) is 4.66. The Morgan fingerprint density at radius 1 is 1.37 bits per heavy atom. The number of ether oxygens (including phenoxy) is 1. The Bertz CT molecular complexity index is 877. The maximum absolute atomic E-state index is 12.0. The van der Waals surface area contributed by atoms with Crippen molar-refractivity contribution < 1.29 is 32.6 Å². The zero-order valence-electron chi connectivity index (χ0n) is 15.6. The van der Waals surface area contributed by atoms with Crippen LogP contribution in [0.3, 0.4) is 0 Å². The molecule has 2 aliphatic rings. The molecule has 30 heavy (non-hydrogen) atoms. The van der Waals surface area contributed by atoms with Crippen LogP contribution in [0.5, 0.6) is 0 Å². The normalized spacial score (nSPS) is 22.9. The lowest BCUT2D eigenvalue weighted by molar-refractivity contribution is -0.192. The van der Waals surface area contributed by atoms with Crippen LogP contribution in [0.4, 0.5) is 18.3 Å². The fraction of sp³-hybridized carbons (Fsp3) is 0.562. The molecule has 164 valence electrons. The minimum atomic E-state index is -5.08. The number of rotatable bonds is 4. The Morgan fingerprint density at radius 3 is 2.67 bits per heavy atom. The summed E-state index contributed by atoms with van der Waals surface area (Å²) in [5.74, 6) is -2.10. The van der Waals surface area contributed by atoms with Gasteiger partial charge in [0.25, 0.3) is 5.91 Å². The van der Waals surface area contributed by atoms with E-state index in [-0.39, 0.29) is 12.0 Å². The van der Waals surface area contributed by atoms with E-state index in [1.165, 1.54) is 11.3 Å². The number of aryl methyl sites for hydroxylation is 1. The van der Waals surface area contributed by atoms with E-state index < -0.39 is 12.1 Å². The third kappa shape index (κ3) is 5.43. The summed E-state index contributed by atoms with van der Waals surface area (Å²) in [4.78, 5) is 27.2. The first kappa shape index (κ1) is 22.4. The van der Waals surface area contributed by atoms with Gasteiger partial charge in [-0.2, -0.15) is 13.2 Å². The van der Waals surface area contributed by atoms with E-state index in [0.29, 0.717) is 30.7 Å². The highest BCUT2D eigenvalue weighted by Crippen LogP contribution is 2.36. The summed E-state index contributed by atoms with van der Waals surface area (Å²) in [6.45, 7) is 5.06. The molecule has 0 saturated carbocycles. The van der Waals surface area contributed by atoms with Crippen molar-refractivity contribution >= 4 is 39.7 Å². The number of carboxylic acid groups (broad SMARTS) is 1. The fourth-order valence-corrected chi connectivity index (χ4v) is 4.46. The molecule has 2 aromatic heterocycles. The van der Waals surface area contributed by atoms with Crippen molar-refractivity contribution in [2.75, 3.05) is 31.1 Å². The van der Waals surface area contributed by atoms with Crippen molar-refractivity contribution in [3.05, 3.63) is 21.6 Å². The first-order chi connectivity index (χ1) is 14.1. The summed E-state index contributed by atoms with van der Waals surface area (Å²) in [6, 6.07) is 0. The first-order valence-corrected chi connectivity index (χ1v) is 10.5. The molecule has 2 aliphatic heterocycles. The number of aromatic nitrogens is 3. The second-order valence-electron chi connectivity index (χ2n) is 6.69. The summed E-state index contributed by atoms with van der Waals surface area (Å²) in [5.41, 5.74) is 2.16. The van der Waals surface area contributed by atoms with Crippen LogP contribution < -0.4 is 10.2 Å². The number of carbonyl (C=O) groups excluding carboxylic acids is 1. The smallest absolute Gasteiger partial charge is 0.475 e. The van der Waals surface area contributed by atoms with Crippen molar-refractivity contribution in [2.45, 2.75) is 19.2 Å². The van der Waals surface area contributed by atoms with Crippen molar-refractivity contribution in [2.24, 2.45) is 11.8 Å². The standard InChI is InChI=1S/C14H17N5O2S2.C2HF3O2/c1-8-17-18-14(23-8)19-3-10-9(5-21-12(10)4-19)2-15-13(20)11-6-22-7-16-11;3-2(4,5)1(6)7/h6-7,9-10,12H,2-5H2,1H3,(H,15,20);(H,6,7)/t9-,10+,12+;/m0./s1. The molecular formula is C16H18F3N5O4S2. The van der Waals surface area contributed by atoms with Crippen molar-refractivity contribution in [1.29, 1.82) is 0 Å². The first-order valence-electron chi connectivity index (χ1n) is 8.78. The SMILES string of the molecule is Cc1nnc(N2C[C@@H]3[C@@H](CNC(=O)c4cscn4)CO[C@@H]3C2)s1.O=C(O)C(F)(F)F. The molecule has 0 spiro atoms. The fourth-order valence-electron chi connectivity index (χ4n) is 3.22. The highest BCUT2D eigenvalue weighted by molar-refractivity contribution is 7.15. The molecule has 2 saturated heterocycles. The van der Waals surface area contributed by atoms with Crippen molar-refractivity contribution in [3.8, 4) is 0 Å². The van der Waals surface area contributed by atoms with Gasteiger partial charge >= 0.3 is 12.1 Å². The molecule has 0 bridgehead atoms. The molecule has 0 radical (unpaired) electrons. The number of thiazole rings is 1. The zero-order chi connectivity index (χ0) is 21.9. The Labute approximate surface area is 176 Å². The number of hydrogen-bond donors (Lipinski definition) is 2. The molecule has 2 N–H and O–H groups in total. The average Bonchev–Trinajstić information content (AvgIpc) is 3.44. The van der Waals surface area contributed by atoms with Gasteiger partial charge in [0, 0.05) is 36.9 Å². The predicted molar refractivity (Wildman–Crippen MR) is 102 cm³/mol. The molecule has 1 amide bonds. The van der Waals surface area contributed by atoms with Gasteiger partial charge in [-0.15, -0.1) is 21.5 Å². The summed E-state index contributed by atoms with van der Waals surface area (Å²) in [6.07, 6.45) is -4.86. The van der Waals surface area contributed by atoms with Gasteiger partial charge in [-0.3, -0.25) is 4.79 Å². The number of fused-ring (bicyclic) bond motifs is 1. The van der Waals surface area contributed by atoms with Crippen LogP contribution in [0.15, 0.2) is 10.9 Å². The molecule has 0 aliphatic carbocycles. The van der Waals surface area contributed by atoms with E-state index in [9.17, 15) is 18.0 Å². The molecule has 2 fully saturated rings. The lowest BCUT2D eigenvalue weighted by Gasteiger charge is -2.18. The number of halogens is 3. The van der Waals surface area contributed by atoms with E-state index >= 15 is 0 Å². The molecule has 4 rings (SSSR count). The van der Waals surface area contributed by atoms with Crippen LogP contribution in [-0.2, 0) is 9.53 Å². The maximum Gasteiger partial charge on any atom is 0.490 e. The van der Waals surface area contributed by atoms with Crippen molar-refractivity contribution in [1.82, 2.24) is 20.5 Å². The Morgan fingerprint density at radius 2 is 2.10 bits per heavy atom. The zero-order valence-corrected chi connectivity index (χ0v) is 17.3. The number of aliphatic carboxylic acids is 1. The topological polar surface area (TPSA) is 118 Å². The Kier molecular flexibility index (Phi) is 6.88. The molecule has 2 aromatic rings. The number of carboxylic acids is 1. The third-order valence-corrected chi connectivity index (χ3v) is 6.14. The van der Waals surface area contributed by atoms with E-state index in [1.54, 1.807) is 22.2 Å². The molecule has 0 unspecified atom stereocenters. The van der Waals surface area contributed by atoms with Gasteiger partial charge in [0.2, 0.25) is 5.13 Å². The second-order valence-corrected chi connectivity index (χ2v) is 8.57. The number of amides is 1. The van der Waals surface area contributed by atoms with E-state index in [4.69, 9.17) is 14.6 Å². The summed E-state index contributed by atoms with van der Waals surface area (Å²) in [7, 11) is 0. The molecule has 4 heterocycles. The monoisotopic (exact) mass is 465 g/mol. The minimum Gasteiger partial charge on any atom is -0.475 e. The van der Waals surface area contributed by atoms with E-state index in [0.717, 1.165) is 23.2 Å². The van der Waals surface area contributed by atoms with Crippen molar-refractivity contribution in [3.63, 3.8) is 0 Å². The van der Waals surface area contributed by atoms with E-state index in [2.05, 4.69) is 25.4 Å². The van der Waals surface area contributed by atoms with E-state index in [1.807, 2.05) is 6.92 Å². The number of carbonyl (C=O) groups is 2. The van der Waals surface area contributed by atoms with Gasteiger partial charge in [0.1, 0.15) is 10.7 Å². The maximum atomic E-state index is 12.0. The second kappa shape index (κ2) is 9.22. The summed E-state index contributed by atoms with van der Waals surface area (Å²) >= 11 is 3.04. The lowest BCUT2D eigenvalue weighted by Crippen LogP contribution is -2.34. The van der Waals surface area contributed by atoms with Crippen LogP contribution in [0.1, 0.15) is 15.5 Å². The Hall–Kier alpha value is -2.32. The molecular weight excluding hydrogens is 447 g/mol. The number of alkyl halides is 3. The molecule has 3 atom stereocenters. The minimum absolute atomic E-state index is 0.107. The Balaban J connectivity index is 0.000000318. The van der Waals surface area contributed by atoms with Gasteiger partial charge in [-0.25, -0.2) is 9.78 Å². The van der Waals surface area contributed by atoms with Gasteiger partial charge in [-0.05, 0) is 6.92 Å². The van der Waals surface area contributed by atoms with Gasteiger partial charge in [-0.1, -0.05) is 11.3 Å². The predicted octanol–water partition coefficient (Wildman–Crippen LogP) is 1.82. The highest BCUT2D eigenvalue weighted by Gasteiger charge is 2.44. The van der Waals surface area contributed by atoms with Crippen LogP contribution >= 0.6 is 22.7 Å². The lowest BCUT2D eigenvalue weighted by atomic mass is 9.93. The summed E-state index contributed by atoms with van der Waals surface area (Å²) in [5, 5.41) is 22.1. The van der Waals surface area contributed by atoms with Crippen LogP contribution in [-0.4, -0.2) is 70.7 Å². The number of nitrogens with one attached hydrogen (secondary N) is 1. The van der Waals surface area contributed by atoms with Crippen LogP contribution in [0, 0.1) is 18.8 Å². The van der Waals surface area contributed by atoms with Gasteiger partial charge in [0.15, 0.2) is 0 Å². The van der Waals surface area contributed by atoms with Crippen LogP contribution in [0.25, 0.3) is 0 Å².